The second-order valence-electron chi connectivity index (χ2n) is 12.0. The van der Waals surface area contributed by atoms with Crippen molar-refractivity contribution < 1.29 is 17.3 Å². The van der Waals surface area contributed by atoms with Crippen molar-refractivity contribution in [1.82, 2.24) is 9.38 Å². The van der Waals surface area contributed by atoms with E-state index >= 15 is 0 Å². The van der Waals surface area contributed by atoms with E-state index in [0.717, 1.165) is 33.3 Å². The van der Waals surface area contributed by atoms with Crippen molar-refractivity contribution in [1.29, 1.82) is 0 Å². The Balaban J connectivity index is 1.56. The summed E-state index contributed by atoms with van der Waals surface area (Å²) < 4.78 is 41.0. The Bertz CT molecular complexity index is 1850. The lowest BCUT2D eigenvalue weighted by Gasteiger charge is -2.34. The molecule has 214 valence electrons. The first kappa shape index (κ1) is 29.0. The lowest BCUT2D eigenvalue weighted by molar-refractivity contribution is 0.302. The van der Waals surface area contributed by atoms with Crippen LogP contribution in [-0.2, 0) is 10.1 Å². The Morgan fingerprint density at radius 3 is 2.39 bits per heavy atom. The molecule has 0 saturated carbocycles. The molecule has 0 aliphatic rings. The standard InChI is InChI=1S/C32H34BrN3O4S/c1-31(2,3)20-32(4,5)35-30-29(34-28-17-15-23(33)19-36(28)30)22-14-16-25(26(18-22)39-6)40-41(37,38)27-13-9-11-21-10-7-8-12-24(21)27/h7-19,35H,20H2,1-6H3. The Labute approximate surface area is 249 Å². The molecule has 0 aliphatic carbocycles. The van der Waals surface area contributed by atoms with Crippen LogP contribution in [0.4, 0.5) is 5.82 Å². The molecule has 5 rings (SSSR count). The third-order valence-corrected chi connectivity index (χ3v) is 8.43. The fourth-order valence-electron chi connectivity index (χ4n) is 5.49. The molecule has 0 unspecified atom stereocenters. The zero-order valence-corrected chi connectivity index (χ0v) is 26.4. The van der Waals surface area contributed by atoms with Crippen LogP contribution in [0.25, 0.3) is 27.7 Å². The van der Waals surface area contributed by atoms with Crippen LogP contribution in [0.15, 0.2) is 88.4 Å². The van der Waals surface area contributed by atoms with E-state index in [-0.39, 0.29) is 27.3 Å². The lowest BCUT2D eigenvalue weighted by Crippen LogP contribution is -2.36. The highest BCUT2D eigenvalue weighted by Crippen LogP contribution is 2.39. The topological polar surface area (TPSA) is 81.9 Å². The Kier molecular flexibility index (Phi) is 7.55. The first-order valence-electron chi connectivity index (χ1n) is 13.3. The number of hydrogen-bond acceptors (Lipinski definition) is 6. The molecule has 41 heavy (non-hydrogen) atoms. The van der Waals surface area contributed by atoms with E-state index < -0.39 is 10.1 Å². The van der Waals surface area contributed by atoms with E-state index in [1.54, 1.807) is 42.5 Å². The third kappa shape index (κ3) is 6.21. The average molecular weight is 637 g/mol. The molecule has 2 aromatic heterocycles. The van der Waals surface area contributed by atoms with Crippen LogP contribution in [0.1, 0.15) is 41.0 Å². The molecule has 0 fully saturated rings. The Hall–Kier alpha value is -3.56. The summed E-state index contributed by atoms with van der Waals surface area (Å²) in [5.41, 5.74) is 2.10. The Morgan fingerprint density at radius 1 is 0.927 bits per heavy atom. The molecule has 0 amide bonds. The smallest absolute Gasteiger partial charge is 0.339 e. The molecule has 0 spiro atoms. The van der Waals surface area contributed by atoms with Crippen molar-refractivity contribution in [2.75, 3.05) is 12.4 Å². The summed E-state index contributed by atoms with van der Waals surface area (Å²) in [6, 6.07) is 21.5. The number of anilines is 1. The molecule has 5 aromatic rings. The number of nitrogens with one attached hydrogen (secondary N) is 1. The summed E-state index contributed by atoms with van der Waals surface area (Å²) in [6.45, 7) is 11.0. The number of fused-ring (bicyclic) bond motifs is 2. The quantitative estimate of drug-likeness (QED) is 0.173. The third-order valence-electron chi connectivity index (χ3n) is 6.67. The fourth-order valence-corrected chi connectivity index (χ4v) is 6.99. The summed E-state index contributed by atoms with van der Waals surface area (Å²) >= 11 is 3.59. The summed E-state index contributed by atoms with van der Waals surface area (Å²) in [6.07, 6.45) is 2.90. The molecule has 0 atom stereocenters. The van der Waals surface area contributed by atoms with Gasteiger partial charge in [0.15, 0.2) is 11.5 Å². The van der Waals surface area contributed by atoms with E-state index in [0.29, 0.717) is 11.1 Å². The van der Waals surface area contributed by atoms with Gasteiger partial charge in [-0.1, -0.05) is 57.2 Å². The van der Waals surface area contributed by atoms with Crippen molar-refractivity contribution in [2.45, 2.75) is 51.5 Å². The number of imidazole rings is 1. The minimum atomic E-state index is -4.14. The van der Waals surface area contributed by atoms with Gasteiger partial charge in [-0.15, -0.1) is 0 Å². The predicted octanol–water partition coefficient (Wildman–Crippen LogP) is 8.32. The van der Waals surface area contributed by atoms with E-state index in [1.807, 2.05) is 40.9 Å². The minimum absolute atomic E-state index is 0.0956. The van der Waals surface area contributed by atoms with Crippen molar-refractivity contribution in [2.24, 2.45) is 5.41 Å². The molecular weight excluding hydrogens is 602 g/mol. The van der Waals surface area contributed by atoms with Crippen LogP contribution >= 0.6 is 15.9 Å². The first-order chi connectivity index (χ1) is 19.3. The summed E-state index contributed by atoms with van der Waals surface area (Å²) in [5, 5.41) is 5.14. The number of rotatable bonds is 8. The highest BCUT2D eigenvalue weighted by atomic mass is 79.9. The largest absolute Gasteiger partial charge is 0.493 e. The number of aromatic nitrogens is 2. The van der Waals surface area contributed by atoms with Gasteiger partial charge in [-0.3, -0.25) is 4.40 Å². The first-order valence-corrected chi connectivity index (χ1v) is 15.5. The number of methoxy groups -OCH3 is 1. The van der Waals surface area contributed by atoms with Crippen LogP contribution in [0, 0.1) is 5.41 Å². The summed E-state index contributed by atoms with van der Waals surface area (Å²) in [7, 11) is -2.65. The fraction of sp³-hybridized carbons (Fsp3) is 0.281. The van der Waals surface area contributed by atoms with Crippen LogP contribution in [0.5, 0.6) is 11.5 Å². The van der Waals surface area contributed by atoms with Crippen LogP contribution in [-0.4, -0.2) is 30.5 Å². The normalized spacial score (nSPS) is 12.6. The summed E-state index contributed by atoms with van der Waals surface area (Å²) in [5.74, 6) is 1.21. The van der Waals surface area contributed by atoms with E-state index in [2.05, 4.69) is 55.9 Å². The van der Waals surface area contributed by atoms with Gasteiger partial charge in [0, 0.05) is 27.2 Å². The van der Waals surface area contributed by atoms with Crippen LogP contribution in [0.2, 0.25) is 0 Å². The molecule has 0 saturated heterocycles. The summed E-state index contributed by atoms with van der Waals surface area (Å²) in [4.78, 5) is 5.03. The molecule has 0 radical (unpaired) electrons. The van der Waals surface area contributed by atoms with Gasteiger partial charge < -0.3 is 14.2 Å². The molecule has 0 bridgehead atoms. The van der Waals surface area contributed by atoms with E-state index in [4.69, 9.17) is 13.9 Å². The van der Waals surface area contributed by atoms with E-state index in [9.17, 15) is 8.42 Å². The van der Waals surface area contributed by atoms with Crippen LogP contribution < -0.4 is 14.2 Å². The second kappa shape index (κ2) is 10.7. The van der Waals surface area contributed by atoms with Crippen molar-refractivity contribution in [3.05, 3.63) is 83.5 Å². The van der Waals surface area contributed by atoms with Crippen molar-refractivity contribution in [3.63, 3.8) is 0 Å². The van der Waals surface area contributed by atoms with Gasteiger partial charge in [0.25, 0.3) is 0 Å². The van der Waals surface area contributed by atoms with Gasteiger partial charge in [0.2, 0.25) is 0 Å². The molecule has 7 nitrogen and oxygen atoms in total. The highest BCUT2D eigenvalue weighted by molar-refractivity contribution is 9.10. The number of halogens is 1. The van der Waals surface area contributed by atoms with Gasteiger partial charge in [0.1, 0.15) is 22.1 Å². The minimum Gasteiger partial charge on any atom is -0.493 e. The predicted molar refractivity (Wildman–Crippen MR) is 168 cm³/mol. The second-order valence-corrected chi connectivity index (χ2v) is 14.4. The maximum Gasteiger partial charge on any atom is 0.339 e. The van der Waals surface area contributed by atoms with Gasteiger partial charge in [-0.05, 0) is 83.4 Å². The van der Waals surface area contributed by atoms with Gasteiger partial charge in [0.05, 0.1) is 7.11 Å². The molecule has 2 heterocycles. The number of pyridine rings is 1. The number of benzene rings is 3. The monoisotopic (exact) mass is 635 g/mol. The maximum atomic E-state index is 13.4. The van der Waals surface area contributed by atoms with E-state index in [1.165, 1.54) is 7.11 Å². The van der Waals surface area contributed by atoms with Gasteiger partial charge in [-0.2, -0.15) is 8.42 Å². The SMILES string of the molecule is COc1cc(-c2nc3ccc(Br)cn3c2NC(C)(C)CC(C)(C)C)ccc1OS(=O)(=O)c1cccc2ccccc12. The molecule has 0 aliphatic heterocycles. The lowest BCUT2D eigenvalue weighted by atomic mass is 9.82. The molecule has 3 aromatic carbocycles. The number of hydrogen-bond donors (Lipinski definition) is 1. The molecular formula is C32H34BrN3O4S. The van der Waals surface area contributed by atoms with Gasteiger partial charge in [-0.25, -0.2) is 4.98 Å². The van der Waals surface area contributed by atoms with Crippen LogP contribution in [0.3, 0.4) is 0 Å². The van der Waals surface area contributed by atoms with Crippen molar-refractivity contribution in [3.8, 4) is 22.8 Å². The number of ether oxygens (including phenoxy) is 1. The maximum absolute atomic E-state index is 13.4. The van der Waals surface area contributed by atoms with Gasteiger partial charge >= 0.3 is 10.1 Å². The highest BCUT2D eigenvalue weighted by Gasteiger charge is 2.29. The van der Waals surface area contributed by atoms with Crippen molar-refractivity contribution >= 4 is 48.3 Å². The Morgan fingerprint density at radius 2 is 1.66 bits per heavy atom. The number of nitrogens with zero attached hydrogens (tertiary/aromatic N) is 2. The molecule has 1 N–H and O–H groups in total. The zero-order valence-electron chi connectivity index (χ0n) is 24.0. The molecule has 9 heteroatoms. The zero-order chi connectivity index (χ0) is 29.6. The average Bonchev–Trinajstić information content (AvgIpc) is 3.23.